The van der Waals surface area contributed by atoms with Gasteiger partial charge in [-0.1, -0.05) is 17.4 Å². The highest BCUT2D eigenvalue weighted by Crippen LogP contribution is 2.18. The summed E-state index contributed by atoms with van der Waals surface area (Å²) < 4.78 is 0. The van der Waals surface area contributed by atoms with Gasteiger partial charge in [-0.2, -0.15) is 0 Å². The molecule has 1 amide bonds. The third-order valence-corrected chi connectivity index (χ3v) is 3.10. The lowest BCUT2D eigenvalue weighted by Crippen LogP contribution is -2.26. The number of pyridine rings is 1. The van der Waals surface area contributed by atoms with Gasteiger partial charge in [-0.3, -0.25) is 9.69 Å². The van der Waals surface area contributed by atoms with Gasteiger partial charge in [-0.25, -0.2) is 4.98 Å². The molecule has 6 nitrogen and oxygen atoms in total. The molecule has 0 unspecified atom stereocenters. The molecular formula is C11H13N5OS. The van der Waals surface area contributed by atoms with E-state index in [-0.39, 0.29) is 5.91 Å². The first-order valence-electron chi connectivity index (χ1n) is 5.49. The zero-order valence-corrected chi connectivity index (χ0v) is 10.9. The van der Waals surface area contributed by atoms with Crippen molar-refractivity contribution in [1.82, 2.24) is 15.2 Å². The molecule has 0 saturated carbocycles. The molecule has 2 heterocycles. The molecule has 0 saturated heterocycles. The van der Waals surface area contributed by atoms with Crippen molar-refractivity contribution in [3.63, 3.8) is 0 Å². The van der Waals surface area contributed by atoms with Crippen LogP contribution in [0.1, 0.15) is 16.7 Å². The molecular weight excluding hydrogens is 250 g/mol. The SMILES string of the molecule is CCNc1nnc(C(=O)N(C)c2ccccn2)s1. The Bertz CT molecular complexity index is 527. The van der Waals surface area contributed by atoms with E-state index in [0.29, 0.717) is 16.0 Å². The molecule has 94 valence electrons. The van der Waals surface area contributed by atoms with E-state index in [1.54, 1.807) is 25.4 Å². The molecule has 7 heteroatoms. The summed E-state index contributed by atoms with van der Waals surface area (Å²) in [7, 11) is 1.67. The van der Waals surface area contributed by atoms with Crippen molar-refractivity contribution in [3.8, 4) is 0 Å². The van der Waals surface area contributed by atoms with Gasteiger partial charge in [-0.05, 0) is 19.1 Å². The van der Waals surface area contributed by atoms with Gasteiger partial charge in [0.15, 0.2) is 0 Å². The van der Waals surface area contributed by atoms with Crippen LogP contribution in [0.25, 0.3) is 0 Å². The predicted octanol–water partition coefficient (Wildman–Crippen LogP) is 1.64. The highest BCUT2D eigenvalue weighted by Gasteiger charge is 2.18. The molecule has 0 radical (unpaired) electrons. The summed E-state index contributed by atoms with van der Waals surface area (Å²) >= 11 is 1.24. The molecule has 0 atom stereocenters. The molecule has 2 aromatic rings. The number of hydrogen-bond donors (Lipinski definition) is 1. The van der Waals surface area contributed by atoms with Gasteiger partial charge in [0.2, 0.25) is 10.1 Å². The van der Waals surface area contributed by atoms with Crippen molar-refractivity contribution in [3.05, 3.63) is 29.4 Å². The maximum absolute atomic E-state index is 12.1. The predicted molar refractivity (Wildman–Crippen MR) is 71.0 cm³/mol. The molecule has 2 aromatic heterocycles. The molecule has 0 bridgehead atoms. The summed E-state index contributed by atoms with van der Waals surface area (Å²) in [5.74, 6) is 0.373. The Morgan fingerprint density at radius 2 is 2.28 bits per heavy atom. The van der Waals surface area contributed by atoms with Crippen molar-refractivity contribution < 1.29 is 4.79 Å². The molecule has 0 aliphatic rings. The monoisotopic (exact) mass is 263 g/mol. The number of amides is 1. The van der Waals surface area contributed by atoms with Crippen LogP contribution in [0.2, 0.25) is 0 Å². The van der Waals surface area contributed by atoms with Crippen LogP contribution in [-0.2, 0) is 0 Å². The summed E-state index contributed by atoms with van der Waals surface area (Å²) in [6, 6.07) is 5.40. The second kappa shape index (κ2) is 5.54. The second-order valence-corrected chi connectivity index (χ2v) is 4.47. The Morgan fingerprint density at radius 1 is 1.44 bits per heavy atom. The van der Waals surface area contributed by atoms with Crippen molar-refractivity contribution in [1.29, 1.82) is 0 Å². The van der Waals surface area contributed by atoms with E-state index < -0.39 is 0 Å². The minimum Gasteiger partial charge on any atom is -0.360 e. The maximum Gasteiger partial charge on any atom is 0.290 e. The van der Waals surface area contributed by atoms with E-state index in [1.807, 2.05) is 13.0 Å². The van der Waals surface area contributed by atoms with Gasteiger partial charge in [0, 0.05) is 19.8 Å². The van der Waals surface area contributed by atoms with Crippen molar-refractivity contribution in [2.45, 2.75) is 6.92 Å². The third kappa shape index (κ3) is 2.62. The van der Waals surface area contributed by atoms with Gasteiger partial charge in [0.05, 0.1) is 0 Å². The molecule has 0 aliphatic carbocycles. The zero-order valence-electron chi connectivity index (χ0n) is 10.1. The number of carbonyl (C=O) groups excluding carboxylic acids is 1. The first kappa shape index (κ1) is 12.4. The Kier molecular flexibility index (Phi) is 3.83. The van der Waals surface area contributed by atoms with Crippen molar-refractivity contribution in [2.24, 2.45) is 0 Å². The Balaban J connectivity index is 2.15. The van der Waals surface area contributed by atoms with E-state index in [9.17, 15) is 4.79 Å². The van der Waals surface area contributed by atoms with Crippen molar-refractivity contribution in [2.75, 3.05) is 23.8 Å². The fourth-order valence-corrected chi connectivity index (χ4v) is 2.12. The van der Waals surface area contributed by atoms with Crippen LogP contribution < -0.4 is 10.2 Å². The number of anilines is 2. The highest BCUT2D eigenvalue weighted by molar-refractivity contribution is 7.17. The number of nitrogens with zero attached hydrogens (tertiary/aromatic N) is 4. The van der Waals surface area contributed by atoms with Crippen LogP contribution in [-0.4, -0.2) is 34.7 Å². The lowest BCUT2D eigenvalue weighted by Gasteiger charge is -2.13. The normalized spacial score (nSPS) is 10.1. The smallest absolute Gasteiger partial charge is 0.290 e. The van der Waals surface area contributed by atoms with Crippen LogP contribution in [0.5, 0.6) is 0 Å². The average Bonchev–Trinajstić information content (AvgIpc) is 2.87. The topological polar surface area (TPSA) is 71.0 Å². The quantitative estimate of drug-likeness (QED) is 0.908. The van der Waals surface area contributed by atoms with Gasteiger partial charge in [-0.15, -0.1) is 10.2 Å². The zero-order chi connectivity index (χ0) is 13.0. The van der Waals surface area contributed by atoms with Crippen LogP contribution in [0, 0.1) is 0 Å². The lowest BCUT2D eigenvalue weighted by molar-refractivity contribution is 0.0991. The molecule has 0 aromatic carbocycles. The Hall–Kier alpha value is -2.02. The van der Waals surface area contributed by atoms with E-state index in [0.717, 1.165) is 6.54 Å². The Labute approximate surface area is 109 Å². The summed E-state index contributed by atoms with van der Waals surface area (Å²) in [6.45, 7) is 2.71. The molecule has 0 aliphatic heterocycles. The second-order valence-electron chi connectivity index (χ2n) is 3.49. The Morgan fingerprint density at radius 3 is 2.94 bits per heavy atom. The first-order valence-corrected chi connectivity index (χ1v) is 6.30. The largest absolute Gasteiger partial charge is 0.360 e. The van der Waals surface area contributed by atoms with Gasteiger partial charge < -0.3 is 5.32 Å². The number of nitrogens with one attached hydrogen (secondary N) is 1. The molecule has 1 N–H and O–H groups in total. The lowest BCUT2D eigenvalue weighted by atomic mass is 10.4. The van der Waals surface area contributed by atoms with E-state index in [1.165, 1.54) is 16.2 Å². The van der Waals surface area contributed by atoms with Gasteiger partial charge in [0.25, 0.3) is 5.91 Å². The van der Waals surface area contributed by atoms with Crippen LogP contribution >= 0.6 is 11.3 Å². The number of rotatable bonds is 4. The maximum atomic E-state index is 12.1. The summed E-state index contributed by atoms with van der Waals surface area (Å²) in [5.41, 5.74) is 0. The standard InChI is InChI=1S/C11H13N5OS/c1-3-12-11-15-14-9(18-11)10(17)16(2)8-6-4-5-7-13-8/h4-7H,3H2,1-2H3,(H,12,15). The van der Waals surface area contributed by atoms with Crippen LogP contribution in [0.3, 0.4) is 0 Å². The molecule has 0 spiro atoms. The fourth-order valence-electron chi connectivity index (χ4n) is 1.33. The van der Waals surface area contributed by atoms with E-state index in [4.69, 9.17) is 0 Å². The number of carbonyl (C=O) groups is 1. The minimum absolute atomic E-state index is 0.213. The van der Waals surface area contributed by atoms with Gasteiger partial charge in [0.1, 0.15) is 5.82 Å². The molecule has 18 heavy (non-hydrogen) atoms. The van der Waals surface area contributed by atoms with E-state index >= 15 is 0 Å². The summed E-state index contributed by atoms with van der Waals surface area (Å²) in [4.78, 5) is 17.7. The molecule has 0 fully saturated rings. The minimum atomic E-state index is -0.213. The summed E-state index contributed by atoms with van der Waals surface area (Å²) in [6.07, 6.45) is 1.64. The fraction of sp³-hybridized carbons (Fsp3) is 0.273. The van der Waals surface area contributed by atoms with Crippen LogP contribution in [0.15, 0.2) is 24.4 Å². The van der Waals surface area contributed by atoms with Gasteiger partial charge >= 0.3 is 0 Å². The van der Waals surface area contributed by atoms with Crippen molar-refractivity contribution >= 4 is 28.2 Å². The molecule has 2 rings (SSSR count). The third-order valence-electron chi connectivity index (χ3n) is 2.23. The first-order chi connectivity index (χ1) is 8.72. The van der Waals surface area contributed by atoms with Crippen LogP contribution in [0.4, 0.5) is 10.9 Å². The average molecular weight is 263 g/mol. The number of hydrogen-bond acceptors (Lipinski definition) is 6. The summed E-state index contributed by atoms with van der Waals surface area (Å²) in [5, 5.41) is 11.8. The highest BCUT2D eigenvalue weighted by atomic mass is 32.1. The number of aromatic nitrogens is 3. The van der Waals surface area contributed by atoms with E-state index in [2.05, 4.69) is 20.5 Å².